The van der Waals surface area contributed by atoms with Gasteiger partial charge in [-0.1, -0.05) is 158 Å². The van der Waals surface area contributed by atoms with Gasteiger partial charge in [-0.2, -0.15) is 0 Å². The first kappa shape index (κ1) is 33.9. The number of hydrogen-bond donors (Lipinski definition) is 0. The van der Waals surface area contributed by atoms with Crippen LogP contribution in [0.25, 0.3) is 76.9 Å². The van der Waals surface area contributed by atoms with E-state index in [4.69, 9.17) is 4.42 Å². The maximum atomic E-state index is 7.05. The van der Waals surface area contributed by atoms with Crippen molar-refractivity contribution in [2.45, 2.75) is 11.8 Å². The van der Waals surface area contributed by atoms with Gasteiger partial charge in [0, 0.05) is 50.6 Å². The molecule has 0 saturated heterocycles. The number of fused-ring (bicyclic) bond motifs is 17. The molecule has 290 valence electrons. The molecule has 1 spiro atoms. The molecule has 11 aromatic rings. The molecule has 3 aliphatic rings. The van der Waals surface area contributed by atoms with E-state index >= 15 is 0 Å². The van der Waals surface area contributed by atoms with Crippen LogP contribution in [0.3, 0.4) is 0 Å². The summed E-state index contributed by atoms with van der Waals surface area (Å²) in [6, 6.07) is 73.6. The van der Waals surface area contributed by atoms with Gasteiger partial charge in [0.2, 0.25) is 0 Å². The van der Waals surface area contributed by atoms with Crippen LogP contribution in [-0.4, -0.2) is 4.57 Å². The normalized spacial score (nSPS) is 15.8. The Labute approximate surface area is 358 Å². The summed E-state index contributed by atoms with van der Waals surface area (Å²) in [4.78, 5) is 2.44. The lowest BCUT2D eigenvalue weighted by molar-refractivity contribution is 0.493. The largest absolute Gasteiger partial charge is 0.454 e. The van der Waals surface area contributed by atoms with Crippen molar-refractivity contribution < 1.29 is 4.42 Å². The number of benzene rings is 9. The third-order valence-corrected chi connectivity index (χ3v) is 14.2. The number of hydrogen-bond acceptors (Lipinski definition) is 2. The highest BCUT2D eigenvalue weighted by Gasteiger charge is 2.56. The van der Waals surface area contributed by atoms with E-state index in [1.807, 2.05) is 0 Å². The van der Waals surface area contributed by atoms with Crippen LogP contribution in [0.2, 0.25) is 0 Å². The number of rotatable bonds is 4. The molecule has 0 radical (unpaired) electrons. The minimum Gasteiger partial charge on any atom is -0.454 e. The Kier molecular flexibility index (Phi) is 6.88. The lowest BCUT2D eigenvalue weighted by Gasteiger charge is -2.37. The van der Waals surface area contributed by atoms with Crippen molar-refractivity contribution >= 4 is 71.5 Å². The summed E-state index contributed by atoms with van der Waals surface area (Å²) in [5, 5.41) is 7.11. The highest BCUT2D eigenvalue weighted by Crippen LogP contribution is 2.65. The van der Waals surface area contributed by atoms with Gasteiger partial charge in [0.05, 0.1) is 22.1 Å². The van der Waals surface area contributed by atoms with Crippen LogP contribution in [-0.2, 0) is 5.41 Å². The summed E-state index contributed by atoms with van der Waals surface area (Å²) in [5.41, 5.74) is 17.9. The standard InChI is InChI=1S/C59H38N2O/c1-2-15-38-34-39(29-28-37(38)14-1)60(40-31-33-53-49(35-40)44-18-5-10-24-52(44)59(53)50-22-8-3-16-42(50)43-17-4-9-23-51(43)59)41-30-32-47-48-21-13-27-56(58(48)62-57(47)36-41)61-54-25-11-6-19-45(54)46-20-7-12-26-55(46)61/h1-32,34-36,53H,33H2. The Bertz CT molecular complexity index is 3660. The third kappa shape index (κ3) is 4.44. The number of anilines is 2. The van der Waals surface area contributed by atoms with Gasteiger partial charge in [-0.3, -0.25) is 0 Å². The molecule has 9 aromatic carbocycles. The number of furan rings is 1. The van der Waals surface area contributed by atoms with Crippen molar-refractivity contribution in [3.05, 3.63) is 240 Å². The topological polar surface area (TPSA) is 21.3 Å². The maximum Gasteiger partial charge on any atom is 0.159 e. The molecule has 0 bridgehead atoms. The zero-order valence-corrected chi connectivity index (χ0v) is 33.8. The minimum absolute atomic E-state index is 0.254. The monoisotopic (exact) mass is 790 g/mol. The minimum atomic E-state index is -0.257. The number of nitrogens with zero attached hydrogens (tertiary/aromatic N) is 2. The number of aromatic nitrogens is 1. The second-order valence-electron chi connectivity index (χ2n) is 17.1. The van der Waals surface area contributed by atoms with Gasteiger partial charge in [0.15, 0.2) is 5.58 Å². The van der Waals surface area contributed by atoms with Crippen LogP contribution in [0.1, 0.15) is 28.7 Å². The fourth-order valence-corrected chi connectivity index (χ4v) is 11.7. The van der Waals surface area contributed by atoms with Crippen molar-refractivity contribution in [2.24, 2.45) is 5.92 Å². The van der Waals surface area contributed by atoms with Crippen molar-refractivity contribution in [1.29, 1.82) is 0 Å². The van der Waals surface area contributed by atoms with Gasteiger partial charge in [-0.05, 0) is 105 Å². The van der Waals surface area contributed by atoms with Gasteiger partial charge in [0.25, 0.3) is 0 Å². The average Bonchev–Trinajstić information content (AvgIpc) is 4.05. The number of allylic oxidation sites excluding steroid dienone is 3. The van der Waals surface area contributed by atoms with Gasteiger partial charge < -0.3 is 13.9 Å². The van der Waals surface area contributed by atoms with E-state index in [-0.39, 0.29) is 11.3 Å². The summed E-state index contributed by atoms with van der Waals surface area (Å²) in [5.74, 6) is 0.254. The molecular weight excluding hydrogens is 753 g/mol. The highest BCUT2D eigenvalue weighted by molar-refractivity contribution is 6.13. The second kappa shape index (κ2) is 12.6. The first-order valence-electron chi connectivity index (χ1n) is 21.7. The van der Waals surface area contributed by atoms with Gasteiger partial charge in [0.1, 0.15) is 5.58 Å². The first-order chi connectivity index (χ1) is 30.8. The smallest absolute Gasteiger partial charge is 0.159 e. The molecule has 3 heteroatoms. The fraction of sp³-hybridized carbons (Fsp3) is 0.0508. The predicted octanol–water partition coefficient (Wildman–Crippen LogP) is 15.3. The van der Waals surface area contributed by atoms with Crippen molar-refractivity contribution in [3.8, 4) is 16.8 Å². The molecule has 1 atom stereocenters. The van der Waals surface area contributed by atoms with E-state index in [9.17, 15) is 0 Å². The van der Waals surface area contributed by atoms with E-state index in [2.05, 4.69) is 222 Å². The lowest BCUT2D eigenvalue weighted by atomic mass is 9.65. The molecule has 14 rings (SSSR count). The van der Waals surface area contributed by atoms with E-state index < -0.39 is 0 Å². The molecule has 0 amide bonds. The molecule has 0 aliphatic heterocycles. The van der Waals surface area contributed by atoms with Gasteiger partial charge in [-0.25, -0.2) is 0 Å². The molecule has 2 aromatic heterocycles. The number of para-hydroxylation sites is 3. The van der Waals surface area contributed by atoms with Crippen molar-refractivity contribution in [2.75, 3.05) is 4.90 Å². The van der Waals surface area contributed by atoms with E-state index in [1.54, 1.807) is 0 Å². The van der Waals surface area contributed by atoms with Crippen LogP contribution in [0.5, 0.6) is 0 Å². The second-order valence-corrected chi connectivity index (χ2v) is 17.1. The Hall–Kier alpha value is -7.88. The van der Waals surface area contributed by atoms with Gasteiger partial charge in [-0.15, -0.1) is 0 Å². The zero-order chi connectivity index (χ0) is 40.5. The Morgan fingerprint density at radius 2 is 1.06 bits per heavy atom. The van der Waals surface area contributed by atoms with Crippen LogP contribution in [0, 0.1) is 5.92 Å². The average molecular weight is 791 g/mol. The summed E-state index contributed by atoms with van der Waals surface area (Å²) >= 11 is 0. The Morgan fingerprint density at radius 3 is 1.81 bits per heavy atom. The Balaban J connectivity index is 0.962. The molecule has 0 fully saturated rings. The quantitative estimate of drug-likeness (QED) is 0.177. The van der Waals surface area contributed by atoms with Crippen LogP contribution >= 0.6 is 0 Å². The molecule has 3 aliphatic carbocycles. The summed E-state index contributed by atoms with van der Waals surface area (Å²) in [6.45, 7) is 0. The van der Waals surface area contributed by atoms with E-state index in [0.29, 0.717) is 0 Å². The Morgan fingerprint density at radius 1 is 0.484 bits per heavy atom. The molecular formula is C59H38N2O. The first-order valence-corrected chi connectivity index (χ1v) is 21.7. The summed E-state index contributed by atoms with van der Waals surface area (Å²) < 4.78 is 9.41. The van der Waals surface area contributed by atoms with E-state index in [1.165, 1.54) is 77.2 Å². The fourth-order valence-electron chi connectivity index (χ4n) is 11.7. The van der Waals surface area contributed by atoms with Crippen LogP contribution in [0.4, 0.5) is 11.4 Å². The highest BCUT2D eigenvalue weighted by atomic mass is 16.3. The molecule has 1 unspecified atom stereocenters. The van der Waals surface area contributed by atoms with Crippen LogP contribution in [0.15, 0.2) is 222 Å². The zero-order valence-electron chi connectivity index (χ0n) is 33.8. The molecule has 3 nitrogen and oxygen atoms in total. The molecule has 62 heavy (non-hydrogen) atoms. The molecule has 0 saturated carbocycles. The molecule has 0 N–H and O–H groups in total. The summed E-state index contributed by atoms with van der Waals surface area (Å²) in [7, 11) is 0. The predicted molar refractivity (Wildman–Crippen MR) is 257 cm³/mol. The van der Waals surface area contributed by atoms with Crippen LogP contribution < -0.4 is 4.90 Å². The van der Waals surface area contributed by atoms with E-state index in [0.717, 1.165) is 45.4 Å². The molecule has 2 heterocycles. The van der Waals surface area contributed by atoms with Crippen molar-refractivity contribution in [1.82, 2.24) is 4.57 Å². The summed E-state index contributed by atoms with van der Waals surface area (Å²) in [6.07, 6.45) is 5.88. The maximum absolute atomic E-state index is 7.05. The van der Waals surface area contributed by atoms with Gasteiger partial charge >= 0.3 is 0 Å². The van der Waals surface area contributed by atoms with Crippen molar-refractivity contribution in [3.63, 3.8) is 0 Å². The third-order valence-electron chi connectivity index (χ3n) is 14.2. The SMILES string of the molecule is C1=C2c3ccccc3C3(c4ccccc4-c4ccccc43)C2CC=C1N(c1ccc2ccccc2c1)c1ccc2c(c1)oc1c(-n3c4ccccc4c4ccccc43)cccc12. The lowest BCUT2D eigenvalue weighted by Crippen LogP contribution is -2.33.